The highest BCUT2D eigenvalue weighted by Gasteiger charge is 2.08. The minimum Gasteiger partial charge on any atom is -0.478 e. The van der Waals surface area contributed by atoms with E-state index in [1.54, 1.807) is 0 Å². The molecule has 0 saturated carbocycles. The molecule has 2 N–H and O–H groups in total. The fourth-order valence-corrected chi connectivity index (χ4v) is 1.77. The van der Waals surface area contributed by atoms with E-state index in [2.05, 4.69) is 21.2 Å². The topological polar surface area (TPSA) is 66.4 Å². The molecule has 0 bridgehead atoms. The van der Waals surface area contributed by atoms with Gasteiger partial charge in [-0.3, -0.25) is 4.79 Å². The molecule has 0 aliphatic rings. The van der Waals surface area contributed by atoms with Crippen molar-refractivity contribution in [2.45, 2.75) is 0 Å². The lowest BCUT2D eigenvalue weighted by atomic mass is 10.2. The molecule has 0 unspecified atom stereocenters. The minimum absolute atomic E-state index is 0.0338. The molecule has 1 amide bonds. The quantitative estimate of drug-likeness (QED) is 0.815. The van der Waals surface area contributed by atoms with Gasteiger partial charge in [-0.1, -0.05) is 45.7 Å². The summed E-state index contributed by atoms with van der Waals surface area (Å²) in [6, 6.07) is 14.2. The van der Waals surface area contributed by atoms with Crippen LogP contribution in [0.2, 0.25) is 5.02 Å². The number of carbonyl (C=O) groups is 2. The maximum absolute atomic E-state index is 10.6. The third-order valence-electron chi connectivity index (χ3n) is 2.16. The fraction of sp³-hybridized carbons (Fsp3) is 0. The maximum Gasteiger partial charge on any atom is 0.337 e. The lowest BCUT2D eigenvalue weighted by Crippen LogP contribution is -2.00. The van der Waals surface area contributed by atoms with E-state index in [9.17, 15) is 9.59 Å². The number of carboxylic acids is 1. The minimum atomic E-state index is -1.13. The number of carboxylic acid groups (broad SMARTS) is 1. The number of rotatable bonds is 3. The van der Waals surface area contributed by atoms with Gasteiger partial charge in [-0.05, 0) is 30.3 Å². The van der Waals surface area contributed by atoms with Crippen LogP contribution in [0.3, 0.4) is 0 Å². The van der Waals surface area contributed by atoms with Crippen LogP contribution in [0.4, 0.5) is 5.69 Å². The van der Waals surface area contributed by atoms with Crippen molar-refractivity contribution in [2.75, 3.05) is 5.32 Å². The first-order valence-electron chi connectivity index (χ1n) is 5.48. The summed E-state index contributed by atoms with van der Waals surface area (Å²) in [5.74, 6) is -1.13. The molecule has 0 aromatic heterocycles. The highest BCUT2D eigenvalue weighted by Crippen LogP contribution is 2.19. The van der Waals surface area contributed by atoms with Gasteiger partial charge in [-0.15, -0.1) is 0 Å². The average Bonchev–Trinajstić information content (AvgIpc) is 2.42. The Hall–Kier alpha value is -1.85. The highest BCUT2D eigenvalue weighted by molar-refractivity contribution is 9.10. The smallest absolute Gasteiger partial charge is 0.337 e. The molecule has 20 heavy (non-hydrogen) atoms. The highest BCUT2D eigenvalue weighted by atomic mass is 79.9. The molecule has 0 aliphatic carbocycles. The Kier molecular flexibility index (Phi) is 6.76. The van der Waals surface area contributed by atoms with Gasteiger partial charge < -0.3 is 10.4 Å². The Morgan fingerprint density at radius 2 is 1.85 bits per heavy atom. The summed E-state index contributed by atoms with van der Waals surface area (Å²) in [5, 5.41) is 11.1. The van der Waals surface area contributed by atoms with E-state index < -0.39 is 5.97 Å². The summed E-state index contributed by atoms with van der Waals surface area (Å²) in [7, 11) is 0. The summed E-state index contributed by atoms with van der Waals surface area (Å²) in [6.07, 6.45) is 0.467. The molecule has 0 aliphatic heterocycles. The van der Waals surface area contributed by atoms with Crippen molar-refractivity contribution in [3.8, 4) is 0 Å². The van der Waals surface area contributed by atoms with E-state index >= 15 is 0 Å². The molecule has 104 valence electrons. The van der Waals surface area contributed by atoms with Crippen LogP contribution < -0.4 is 5.32 Å². The largest absolute Gasteiger partial charge is 0.478 e. The van der Waals surface area contributed by atoms with Crippen LogP contribution >= 0.6 is 27.5 Å². The number of amides is 1. The van der Waals surface area contributed by atoms with E-state index in [1.807, 2.05) is 30.3 Å². The molecule has 6 heteroatoms. The molecule has 0 spiro atoms. The number of hydrogen-bond donors (Lipinski definition) is 2. The zero-order chi connectivity index (χ0) is 15.0. The second kappa shape index (κ2) is 8.35. The normalized spacial score (nSPS) is 9.10. The van der Waals surface area contributed by atoms with Crippen molar-refractivity contribution >= 4 is 45.6 Å². The molecular weight excluding hydrogens is 346 g/mol. The Labute approximate surface area is 129 Å². The lowest BCUT2D eigenvalue weighted by molar-refractivity contribution is -0.105. The maximum atomic E-state index is 10.6. The number of hydrogen-bond acceptors (Lipinski definition) is 2. The van der Waals surface area contributed by atoms with Gasteiger partial charge in [0.05, 0.1) is 10.6 Å². The van der Waals surface area contributed by atoms with E-state index in [0.29, 0.717) is 12.1 Å². The molecule has 2 aromatic carbocycles. The number of carbonyl (C=O) groups excluding carboxylic acids is 1. The molecule has 0 fully saturated rings. The van der Waals surface area contributed by atoms with Crippen molar-refractivity contribution in [2.24, 2.45) is 0 Å². The molecule has 2 rings (SSSR count). The van der Waals surface area contributed by atoms with Gasteiger partial charge >= 0.3 is 5.97 Å². The zero-order valence-corrected chi connectivity index (χ0v) is 12.6. The van der Waals surface area contributed by atoms with Gasteiger partial charge in [0.25, 0.3) is 0 Å². The van der Waals surface area contributed by atoms with Crippen molar-refractivity contribution in [1.82, 2.24) is 0 Å². The van der Waals surface area contributed by atoms with Crippen LogP contribution in [0.15, 0.2) is 53.0 Å². The van der Waals surface area contributed by atoms with E-state index in [1.165, 1.54) is 18.2 Å². The Balaban J connectivity index is 0.000000240. The van der Waals surface area contributed by atoms with Crippen LogP contribution in [0.1, 0.15) is 10.4 Å². The van der Waals surface area contributed by atoms with Crippen molar-refractivity contribution in [3.05, 3.63) is 63.6 Å². The van der Waals surface area contributed by atoms with Crippen molar-refractivity contribution in [1.29, 1.82) is 0 Å². The molecule has 2 aromatic rings. The molecule has 4 nitrogen and oxygen atoms in total. The SMILES string of the molecule is Brc1ccccc1.O=CNc1ccc(Cl)c(C(=O)O)c1. The molecule has 0 saturated heterocycles. The third-order valence-corrected chi connectivity index (χ3v) is 3.01. The van der Waals surface area contributed by atoms with Gasteiger partial charge in [-0.2, -0.15) is 0 Å². The van der Waals surface area contributed by atoms with E-state index in [4.69, 9.17) is 16.7 Å². The first-order chi connectivity index (χ1) is 9.54. The van der Waals surface area contributed by atoms with E-state index in [0.717, 1.165) is 4.47 Å². The van der Waals surface area contributed by atoms with Crippen LogP contribution in [-0.2, 0) is 4.79 Å². The van der Waals surface area contributed by atoms with Crippen molar-refractivity contribution in [3.63, 3.8) is 0 Å². The molecular formula is C14H11BrClNO3. The number of nitrogens with one attached hydrogen (secondary N) is 1. The standard InChI is InChI=1S/C8H6ClNO3.C6H5Br/c9-7-2-1-5(10-4-11)3-6(7)8(12)13;7-6-4-2-1-3-5-6/h1-4H,(H,10,11)(H,12,13);1-5H. The predicted octanol–water partition coefficient (Wildman–Crippen LogP) is 4.06. The second-order valence-electron chi connectivity index (χ2n) is 3.56. The van der Waals surface area contributed by atoms with Gasteiger partial charge in [0.2, 0.25) is 6.41 Å². The van der Waals surface area contributed by atoms with E-state index in [-0.39, 0.29) is 10.6 Å². The average molecular weight is 357 g/mol. The van der Waals surface area contributed by atoms with Gasteiger partial charge in [0.1, 0.15) is 0 Å². The second-order valence-corrected chi connectivity index (χ2v) is 4.88. The summed E-state index contributed by atoms with van der Waals surface area (Å²) in [5.41, 5.74) is 0.366. The first-order valence-corrected chi connectivity index (χ1v) is 6.65. The monoisotopic (exact) mass is 355 g/mol. The molecule has 0 radical (unpaired) electrons. The zero-order valence-electron chi connectivity index (χ0n) is 10.2. The van der Waals surface area contributed by atoms with Gasteiger partial charge in [0.15, 0.2) is 0 Å². The number of halogens is 2. The first kappa shape index (κ1) is 16.2. The van der Waals surface area contributed by atoms with Crippen molar-refractivity contribution < 1.29 is 14.7 Å². The van der Waals surface area contributed by atoms with Crippen LogP contribution in [0.5, 0.6) is 0 Å². The summed E-state index contributed by atoms with van der Waals surface area (Å²) < 4.78 is 1.13. The summed E-state index contributed by atoms with van der Waals surface area (Å²) >= 11 is 8.91. The fourth-order valence-electron chi connectivity index (χ4n) is 1.26. The van der Waals surface area contributed by atoms with Crippen LogP contribution in [-0.4, -0.2) is 17.5 Å². The number of benzene rings is 2. The number of anilines is 1. The third kappa shape index (κ3) is 5.42. The summed E-state index contributed by atoms with van der Waals surface area (Å²) in [6.45, 7) is 0. The predicted molar refractivity (Wildman–Crippen MR) is 82.2 cm³/mol. The Morgan fingerprint density at radius 1 is 1.20 bits per heavy atom. The van der Waals surface area contributed by atoms with Gasteiger partial charge in [0, 0.05) is 10.2 Å². The summed E-state index contributed by atoms with van der Waals surface area (Å²) in [4.78, 5) is 20.6. The Morgan fingerprint density at radius 3 is 2.30 bits per heavy atom. The van der Waals surface area contributed by atoms with Crippen LogP contribution in [0, 0.1) is 0 Å². The molecule has 0 atom stereocenters. The van der Waals surface area contributed by atoms with Gasteiger partial charge in [-0.25, -0.2) is 4.79 Å². The Bertz CT molecular complexity index is 590. The number of aromatic carboxylic acids is 1. The molecule has 0 heterocycles. The lowest BCUT2D eigenvalue weighted by Gasteiger charge is -2.01. The van der Waals surface area contributed by atoms with Crippen LogP contribution in [0.25, 0.3) is 0 Å².